The van der Waals surface area contributed by atoms with E-state index >= 15 is 0 Å². The van der Waals surface area contributed by atoms with E-state index in [1.807, 2.05) is 25.1 Å². The van der Waals surface area contributed by atoms with Gasteiger partial charge in [0.15, 0.2) is 11.5 Å². The summed E-state index contributed by atoms with van der Waals surface area (Å²) in [6.45, 7) is 5.73. The van der Waals surface area contributed by atoms with Crippen LogP contribution in [0.3, 0.4) is 0 Å². The molecule has 1 aromatic carbocycles. The van der Waals surface area contributed by atoms with Gasteiger partial charge in [0.2, 0.25) is 0 Å². The minimum Gasteiger partial charge on any atom is -0.490 e. The molecule has 0 amide bonds. The highest BCUT2D eigenvalue weighted by molar-refractivity contribution is 6.29. The Morgan fingerprint density at radius 2 is 1.88 bits per heavy atom. The lowest BCUT2D eigenvalue weighted by Gasteiger charge is -2.14. The number of rotatable bonds is 10. The van der Waals surface area contributed by atoms with Gasteiger partial charge in [0.05, 0.1) is 6.61 Å². The van der Waals surface area contributed by atoms with E-state index < -0.39 is 0 Å². The van der Waals surface area contributed by atoms with Crippen LogP contribution in [0.4, 0.5) is 0 Å². The maximum Gasteiger partial charge on any atom is 0.161 e. The average molecular weight is 364 g/mol. The fraction of sp³-hybridized carbons (Fsp3) is 0.421. The molecule has 0 unspecified atom stereocenters. The maximum absolute atomic E-state index is 5.89. The molecule has 136 valence electrons. The van der Waals surface area contributed by atoms with Crippen molar-refractivity contribution in [3.05, 3.63) is 52.8 Å². The molecule has 5 nitrogen and oxygen atoms in total. The minimum atomic E-state index is 0.421. The van der Waals surface area contributed by atoms with Gasteiger partial charge < -0.3 is 19.7 Å². The number of hydrogen-bond donors (Lipinski definition) is 1. The van der Waals surface area contributed by atoms with E-state index in [9.17, 15) is 0 Å². The Bertz CT molecular complexity index is 648. The van der Waals surface area contributed by atoms with Crippen LogP contribution in [0.5, 0.6) is 11.5 Å². The summed E-state index contributed by atoms with van der Waals surface area (Å²) in [6, 6.07) is 9.70. The first-order valence-corrected chi connectivity index (χ1v) is 8.80. The van der Waals surface area contributed by atoms with Crippen LogP contribution in [0.2, 0.25) is 5.15 Å². The normalized spacial score (nSPS) is 10.9. The Morgan fingerprint density at radius 3 is 2.56 bits per heavy atom. The third-order valence-corrected chi connectivity index (χ3v) is 3.78. The Kier molecular flexibility index (Phi) is 7.98. The highest BCUT2D eigenvalue weighted by Crippen LogP contribution is 2.29. The molecule has 1 heterocycles. The van der Waals surface area contributed by atoms with Gasteiger partial charge in [0.25, 0.3) is 0 Å². The molecule has 0 aliphatic rings. The van der Waals surface area contributed by atoms with E-state index in [0.717, 1.165) is 36.7 Å². The molecule has 2 rings (SSSR count). The lowest BCUT2D eigenvalue weighted by Crippen LogP contribution is -2.26. The smallest absolute Gasteiger partial charge is 0.161 e. The van der Waals surface area contributed by atoms with Crippen molar-refractivity contribution in [2.75, 3.05) is 33.8 Å². The van der Waals surface area contributed by atoms with Crippen molar-refractivity contribution in [1.82, 2.24) is 15.2 Å². The first-order chi connectivity index (χ1) is 12.1. The zero-order valence-electron chi connectivity index (χ0n) is 15.1. The molecule has 0 aliphatic carbocycles. The molecule has 0 bridgehead atoms. The van der Waals surface area contributed by atoms with Crippen LogP contribution in [0.15, 0.2) is 36.5 Å². The van der Waals surface area contributed by atoms with Crippen molar-refractivity contribution >= 4 is 11.6 Å². The monoisotopic (exact) mass is 363 g/mol. The second-order valence-electron chi connectivity index (χ2n) is 5.97. The molecule has 0 saturated carbocycles. The van der Waals surface area contributed by atoms with Gasteiger partial charge in [-0.25, -0.2) is 4.98 Å². The molecule has 1 aromatic heterocycles. The van der Waals surface area contributed by atoms with Crippen LogP contribution in [-0.2, 0) is 13.2 Å². The number of pyridine rings is 1. The number of nitrogens with one attached hydrogen (secondary N) is 1. The van der Waals surface area contributed by atoms with Crippen molar-refractivity contribution in [3.63, 3.8) is 0 Å². The molecule has 6 heteroatoms. The summed E-state index contributed by atoms with van der Waals surface area (Å²) in [6.07, 6.45) is 1.71. The maximum atomic E-state index is 5.89. The summed E-state index contributed by atoms with van der Waals surface area (Å²) in [5.41, 5.74) is 2.13. The van der Waals surface area contributed by atoms with Crippen LogP contribution in [0.1, 0.15) is 18.1 Å². The van der Waals surface area contributed by atoms with Crippen molar-refractivity contribution in [2.24, 2.45) is 0 Å². The van der Waals surface area contributed by atoms with Gasteiger partial charge in [-0.1, -0.05) is 23.7 Å². The predicted octanol–water partition coefficient (Wildman–Crippen LogP) is 3.36. The standard InChI is InChI=1S/C19H26ClN3O2/c1-4-24-18-11-15(12-21-9-10-23(2)3)5-7-17(18)25-14-16-6-8-19(20)22-13-16/h5-8,11,13,21H,4,9-10,12,14H2,1-3H3. The Labute approximate surface area is 154 Å². The van der Waals surface area contributed by atoms with Crippen LogP contribution in [0, 0.1) is 0 Å². The lowest BCUT2D eigenvalue weighted by molar-refractivity contribution is 0.268. The largest absolute Gasteiger partial charge is 0.490 e. The summed E-state index contributed by atoms with van der Waals surface area (Å²) >= 11 is 5.80. The summed E-state index contributed by atoms with van der Waals surface area (Å²) in [7, 11) is 4.13. The number of halogens is 1. The van der Waals surface area contributed by atoms with Crippen molar-refractivity contribution in [3.8, 4) is 11.5 Å². The molecule has 0 fully saturated rings. The summed E-state index contributed by atoms with van der Waals surface area (Å²) in [5, 5.41) is 3.90. The number of aromatic nitrogens is 1. The lowest BCUT2D eigenvalue weighted by atomic mass is 10.2. The van der Waals surface area contributed by atoms with Crippen LogP contribution in [-0.4, -0.2) is 43.7 Å². The number of nitrogens with zero attached hydrogens (tertiary/aromatic N) is 2. The zero-order valence-corrected chi connectivity index (χ0v) is 15.8. The van der Waals surface area contributed by atoms with Gasteiger partial charge in [-0.15, -0.1) is 0 Å². The van der Waals surface area contributed by atoms with Gasteiger partial charge in [0.1, 0.15) is 11.8 Å². The average Bonchev–Trinajstić information content (AvgIpc) is 2.59. The van der Waals surface area contributed by atoms with E-state index in [-0.39, 0.29) is 0 Å². The fourth-order valence-electron chi connectivity index (χ4n) is 2.24. The van der Waals surface area contributed by atoms with Gasteiger partial charge in [-0.3, -0.25) is 0 Å². The molecule has 0 saturated heterocycles. The second-order valence-corrected chi connectivity index (χ2v) is 6.36. The van der Waals surface area contributed by atoms with E-state index in [1.54, 1.807) is 12.3 Å². The molecular formula is C19H26ClN3O2. The number of likely N-dealkylation sites (N-methyl/N-ethyl adjacent to an activating group) is 1. The minimum absolute atomic E-state index is 0.421. The fourth-order valence-corrected chi connectivity index (χ4v) is 2.35. The molecule has 1 N–H and O–H groups in total. The first-order valence-electron chi connectivity index (χ1n) is 8.43. The first kappa shape index (κ1) is 19.5. The predicted molar refractivity (Wildman–Crippen MR) is 101 cm³/mol. The van der Waals surface area contributed by atoms with Gasteiger partial charge >= 0.3 is 0 Å². The molecule has 0 aliphatic heterocycles. The molecule has 0 atom stereocenters. The molecular weight excluding hydrogens is 338 g/mol. The Balaban J connectivity index is 1.96. The van der Waals surface area contributed by atoms with Crippen LogP contribution < -0.4 is 14.8 Å². The van der Waals surface area contributed by atoms with E-state index in [2.05, 4.69) is 35.4 Å². The highest BCUT2D eigenvalue weighted by Gasteiger charge is 2.07. The van der Waals surface area contributed by atoms with Gasteiger partial charge in [0, 0.05) is 31.4 Å². The molecule has 0 radical (unpaired) electrons. The second kappa shape index (κ2) is 10.2. The van der Waals surface area contributed by atoms with Gasteiger partial charge in [-0.05, 0) is 44.8 Å². The summed E-state index contributed by atoms with van der Waals surface area (Å²) in [4.78, 5) is 6.21. The van der Waals surface area contributed by atoms with Crippen molar-refractivity contribution in [2.45, 2.75) is 20.1 Å². The quantitative estimate of drug-likeness (QED) is 0.518. The SMILES string of the molecule is CCOc1cc(CNCCN(C)C)ccc1OCc1ccc(Cl)nc1. The molecule has 2 aromatic rings. The zero-order chi connectivity index (χ0) is 18.1. The van der Waals surface area contributed by atoms with Crippen LogP contribution >= 0.6 is 11.6 Å². The summed E-state index contributed by atoms with van der Waals surface area (Å²) in [5.74, 6) is 1.49. The Morgan fingerprint density at radius 1 is 1.08 bits per heavy atom. The van der Waals surface area contributed by atoms with E-state index in [0.29, 0.717) is 18.4 Å². The number of hydrogen-bond acceptors (Lipinski definition) is 5. The summed E-state index contributed by atoms with van der Waals surface area (Å²) < 4.78 is 11.6. The Hall–Kier alpha value is -1.82. The third kappa shape index (κ3) is 6.90. The van der Waals surface area contributed by atoms with Crippen molar-refractivity contribution in [1.29, 1.82) is 0 Å². The van der Waals surface area contributed by atoms with E-state index in [1.165, 1.54) is 5.56 Å². The topological polar surface area (TPSA) is 46.6 Å². The van der Waals surface area contributed by atoms with Crippen molar-refractivity contribution < 1.29 is 9.47 Å². The molecule has 0 spiro atoms. The van der Waals surface area contributed by atoms with Gasteiger partial charge in [-0.2, -0.15) is 0 Å². The van der Waals surface area contributed by atoms with E-state index in [4.69, 9.17) is 21.1 Å². The van der Waals surface area contributed by atoms with Crippen LogP contribution in [0.25, 0.3) is 0 Å². The number of benzene rings is 1. The molecule has 25 heavy (non-hydrogen) atoms. The third-order valence-electron chi connectivity index (χ3n) is 3.56. The highest BCUT2D eigenvalue weighted by atomic mass is 35.5. The number of ether oxygens (including phenoxy) is 2.